The van der Waals surface area contributed by atoms with Crippen molar-refractivity contribution >= 4 is 18.5 Å². The lowest BCUT2D eigenvalue weighted by Gasteiger charge is -2.32. The number of hydrogen-bond acceptors (Lipinski definition) is 3. The summed E-state index contributed by atoms with van der Waals surface area (Å²) in [5.74, 6) is 1.56. The molecule has 0 aromatic carbocycles. The van der Waals surface area contributed by atoms with Crippen molar-refractivity contribution in [3.63, 3.8) is 0 Å². The van der Waals surface area contributed by atoms with Crippen molar-refractivity contribution in [2.45, 2.75) is 20.3 Å². The summed E-state index contributed by atoms with van der Waals surface area (Å²) in [6.45, 7) is 7.18. The quantitative estimate of drug-likeness (QED) is 0.738. The fourth-order valence-electron chi connectivity index (χ4n) is 2.55. The summed E-state index contributed by atoms with van der Waals surface area (Å²) in [6.07, 6.45) is 0.682. The lowest BCUT2D eigenvalue weighted by Crippen LogP contribution is -2.41. The van der Waals surface area contributed by atoms with Crippen molar-refractivity contribution < 1.29 is 4.79 Å². The Morgan fingerprint density at radius 3 is 2.56 bits per heavy atom. The normalized spacial score (nSPS) is 22.2. The predicted molar refractivity (Wildman–Crippen MR) is 70.9 cm³/mol. The van der Waals surface area contributed by atoms with Gasteiger partial charge in [0, 0.05) is 26.1 Å². The van der Waals surface area contributed by atoms with Gasteiger partial charge in [0.05, 0.1) is 0 Å². The summed E-state index contributed by atoms with van der Waals surface area (Å²) in [5.41, 5.74) is 0.157. The van der Waals surface area contributed by atoms with Gasteiger partial charge in [-0.15, -0.1) is 0 Å². The Hall–Kier alpha value is -0.220. The Morgan fingerprint density at radius 2 is 2.12 bits per heavy atom. The van der Waals surface area contributed by atoms with E-state index in [4.69, 9.17) is 0 Å². The Labute approximate surface area is 105 Å². The number of likely N-dealkylation sites (tertiary alicyclic amines) is 1. The number of nitrogens with zero attached hydrogens (tertiary/aromatic N) is 2. The van der Waals surface area contributed by atoms with Crippen LogP contribution in [0.3, 0.4) is 0 Å². The van der Waals surface area contributed by atoms with Crippen LogP contribution in [-0.2, 0) is 4.79 Å². The molecule has 1 aliphatic heterocycles. The van der Waals surface area contributed by atoms with Crippen LogP contribution in [0.5, 0.6) is 0 Å². The molecule has 0 aliphatic carbocycles. The standard InChI is InChI=1S/C12H24N2OS/c1-12(2,8-13(3)4)9-14-6-10(7-16)5-11(14)15/h10,16H,5-9H2,1-4H3. The van der Waals surface area contributed by atoms with Crippen LogP contribution in [0.2, 0.25) is 0 Å². The fraction of sp³-hybridized carbons (Fsp3) is 0.917. The maximum atomic E-state index is 11.8. The first-order valence-electron chi connectivity index (χ1n) is 5.87. The SMILES string of the molecule is CN(C)CC(C)(C)CN1CC(CS)CC1=O. The number of carbonyl (C=O) groups is 1. The van der Waals surface area contributed by atoms with Crippen LogP contribution in [0.4, 0.5) is 0 Å². The third-order valence-corrected chi connectivity index (χ3v) is 3.43. The topological polar surface area (TPSA) is 23.6 Å². The van der Waals surface area contributed by atoms with Crippen LogP contribution in [0.15, 0.2) is 0 Å². The second-order valence-corrected chi connectivity index (χ2v) is 6.29. The molecule has 1 aliphatic rings. The Kier molecular flexibility index (Phi) is 4.68. The first-order valence-corrected chi connectivity index (χ1v) is 6.50. The molecule has 3 nitrogen and oxygen atoms in total. The maximum absolute atomic E-state index is 11.8. The molecule has 0 N–H and O–H groups in total. The summed E-state index contributed by atoms with van der Waals surface area (Å²) in [4.78, 5) is 16.0. The van der Waals surface area contributed by atoms with Gasteiger partial charge in [-0.25, -0.2) is 0 Å². The molecule has 94 valence electrons. The first kappa shape index (κ1) is 13.8. The Balaban J connectivity index is 2.50. The van der Waals surface area contributed by atoms with E-state index in [1.807, 2.05) is 4.90 Å². The van der Waals surface area contributed by atoms with E-state index in [0.29, 0.717) is 18.2 Å². The molecular weight excluding hydrogens is 220 g/mol. The molecule has 1 heterocycles. The minimum Gasteiger partial charge on any atom is -0.342 e. The summed E-state index contributed by atoms with van der Waals surface area (Å²) in [5, 5.41) is 0. The zero-order chi connectivity index (χ0) is 12.3. The van der Waals surface area contributed by atoms with E-state index in [1.54, 1.807) is 0 Å². The van der Waals surface area contributed by atoms with Gasteiger partial charge in [0.15, 0.2) is 0 Å². The number of rotatable bonds is 5. The zero-order valence-electron chi connectivity index (χ0n) is 10.9. The van der Waals surface area contributed by atoms with E-state index < -0.39 is 0 Å². The minimum absolute atomic E-state index is 0.157. The zero-order valence-corrected chi connectivity index (χ0v) is 11.8. The lowest BCUT2D eigenvalue weighted by atomic mass is 9.92. The van der Waals surface area contributed by atoms with E-state index in [9.17, 15) is 4.79 Å². The monoisotopic (exact) mass is 244 g/mol. The van der Waals surface area contributed by atoms with Gasteiger partial charge in [-0.05, 0) is 31.2 Å². The Morgan fingerprint density at radius 1 is 1.50 bits per heavy atom. The fourth-order valence-corrected chi connectivity index (χ4v) is 2.80. The van der Waals surface area contributed by atoms with Gasteiger partial charge >= 0.3 is 0 Å². The molecule has 1 saturated heterocycles. The van der Waals surface area contributed by atoms with Crippen LogP contribution in [0, 0.1) is 11.3 Å². The van der Waals surface area contributed by atoms with E-state index in [-0.39, 0.29) is 5.41 Å². The highest BCUT2D eigenvalue weighted by molar-refractivity contribution is 7.80. The highest BCUT2D eigenvalue weighted by Crippen LogP contribution is 2.24. The highest BCUT2D eigenvalue weighted by Gasteiger charge is 2.32. The highest BCUT2D eigenvalue weighted by atomic mass is 32.1. The van der Waals surface area contributed by atoms with Crippen LogP contribution < -0.4 is 0 Å². The molecule has 1 amide bonds. The summed E-state index contributed by atoms with van der Waals surface area (Å²) < 4.78 is 0. The van der Waals surface area contributed by atoms with Gasteiger partial charge in [-0.1, -0.05) is 13.8 Å². The molecule has 1 unspecified atom stereocenters. The molecule has 0 radical (unpaired) electrons. The van der Waals surface area contributed by atoms with Crippen LogP contribution >= 0.6 is 12.6 Å². The molecule has 0 bridgehead atoms. The number of amides is 1. The molecule has 1 fully saturated rings. The Bertz CT molecular complexity index is 253. The number of carbonyl (C=O) groups excluding carboxylic acids is 1. The average molecular weight is 244 g/mol. The summed E-state index contributed by atoms with van der Waals surface area (Å²) >= 11 is 4.28. The van der Waals surface area contributed by atoms with Crippen LogP contribution in [-0.4, -0.2) is 55.2 Å². The smallest absolute Gasteiger partial charge is 0.222 e. The van der Waals surface area contributed by atoms with E-state index in [2.05, 4.69) is 45.5 Å². The third kappa shape index (κ3) is 3.98. The van der Waals surface area contributed by atoms with Crippen LogP contribution in [0.25, 0.3) is 0 Å². The second kappa shape index (κ2) is 5.41. The molecule has 1 rings (SSSR count). The molecule has 1 atom stereocenters. The molecule has 0 spiro atoms. The van der Waals surface area contributed by atoms with E-state index >= 15 is 0 Å². The number of hydrogen-bond donors (Lipinski definition) is 1. The van der Waals surface area contributed by atoms with Gasteiger partial charge in [0.25, 0.3) is 0 Å². The van der Waals surface area contributed by atoms with Crippen LogP contribution in [0.1, 0.15) is 20.3 Å². The number of thiol groups is 1. The predicted octanol–water partition coefficient (Wildman–Crippen LogP) is 1.35. The van der Waals surface area contributed by atoms with Crippen molar-refractivity contribution in [3.05, 3.63) is 0 Å². The lowest BCUT2D eigenvalue weighted by molar-refractivity contribution is -0.129. The van der Waals surface area contributed by atoms with Gasteiger partial charge in [0.2, 0.25) is 5.91 Å². The van der Waals surface area contributed by atoms with Gasteiger partial charge < -0.3 is 9.80 Å². The molecule has 0 saturated carbocycles. The average Bonchev–Trinajstić information content (AvgIpc) is 2.44. The van der Waals surface area contributed by atoms with Gasteiger partial charge in [0.1, 0.15) is 0 Å². The maximum Gasteiger partial charge on any atom is 0.222 e. The van der Waals surface area contributed by atoms with E-state index in [1.165, 1.54) is 0 Å². The minimum atomic E-state index is 0.157. The molecular formula is C12H24N2OS. The third-order valence-electron chi connectivity index (χ3n) is 2.92. The molecule has 0 aromatic heterocycles. The van der Waals surface area contributed by atoms with E-state index in [0.717, 1.165) is 25.4 Å². The second-order valence-electron chi connectivity index (χ2n) is 5.93. The molecule has 16 heavy (non-hydrogen) atoms. The molecule has 4 heteroatoms. The van der Waals surface area contributed by atoms with Crippen molar-refractivity contribution in [1.29, 1.82) is 0 Å². The molecule has 0 aromatic rings. The summed E-state index contributed by atoms with van der Waals surface area (Å²) in [6, 6.07) is 0. The van der Waals surface area contributed by atoms with Gasteiger partial charge in [-0.2, -0.15) is 12.6 Å². The van der Waals surface area contributed by atoms with Crippen molar-refractivity contribution in [3.8, 4) is 0 Å². The van der Waals surface area contributed by atoms with Gasteiger partial charge in [-0.3, -0.25) is 4.79 Å². The van der Waals surface area contributed by atoms with Crippen molar-refractivity contribution in [1.82, 2.24) is 9.80 Å². The summed E-state index contributed by atoms with van der Waals surface area (Å²) in [7, 11) is 4.15. The van der Waals surface area contributed by atoms with Crippen molar-refractivity contribution in [2.24, 2.45) is 11.3 Å². The first-order chi connectivity index (χ1) is 7.34. The largest absolute Gasteiger partial charge is 0.342 e. The van der Waals surface area contributed by atoms with Crippen molar-refractivity contribution in [2.75, 3.05) is 39.5 Å².